The van der Waals surface area contributed by atoms with E-state index in [1.54, 1.807) is 0 Å². The Morgan fingerprint density at radius 3 is 2.05 bits per heavy atom. The molecule has 1 aromatic carbocycles. The van der Waals surface area contributed by atoms with E-state index in [2.05, 4.69) is 48.3 Å². The van der Waals surface area contributed by atoms with Crippen LogP contribution in [0.4, 0.5) is 0 Å². The Morgan fingerprint density at radius 2 is 1.55 bits per heavy atom. The third-order valence-corrected chi connectivity index (χ3v) is 4.83. The smallest absolute Gasteiger partial charge is 0.0351 e. The standard InChI is InChI=1S/C18H28N2.2ClH/c1-14(2)16-5-7-17(8-6-16)18(13-15-3-4-15)20-11-9-19-10-12-20;;/h5-8,14-15,18-19H,3-4,9-13H2,1-2H3;2*1H/t18-;;/m1../s1. The Balaban J connectivity index is 0.00000121. The van der Waals surface area contributed by atoms with E-state index in [0.717, 1.165) is 19.0 Å². The second-order valence-corrected chi connectivity index (χ2v) is 6.80. The normalized spacial score (nSPS) is 20.1. The van der Waals surface area contributed by atoms with Crippen LogP contribution >= 0.6 is 24.8 Å². The monoisotopic (exact) mass is 344 g/mol. The maximum absolute atomic E-state index is 3.47. The fourth-order valence-corrected chi connectivity index (χ4v) is 3.26. The molecule has 2 nitrogen and oxygen atoms in total. The maximum Gasteiger partial charge on any atom is 0.0351 e. The van der Waals surface area contributed by atoms with Crippen LogP contribution in [0.1, 0.15) is 56.2 Å². The first kappa shape index (κ1) is 19.8. The number of rotatable bonds is 5. The Morgan fingerprint density at radius 1 is 1.00 bits per heavy atom. The molecular weight excluding hydrogens is 315 g/mol. The van der Waals surface area contributed by atoms with Gasteiger partial charge in [-0.05, 0) is 29.4 Å². The molecule has 3 rings (SSSR count). The molecule has 1 aliphatic carbocycles. The average Bonchev–Trinajstić information content (AvgIpc) is 3.30. The minimum absolute atomic E-state index is 0. The van der Waals surface area contributed by atoms with Crippen molar-refractivity contribution in [3.05, 3.63) is 35.4 Å². The fraction of sp³-hybridized carbons (Fsp3) is 0.667. The lowest BCUT2D eigenvalue weighted by atomic mass is 9.95. The van der Waals surface area contributed by atoms with Gasteiger partial charge >= 0.3 is 0 Å². The molecule has 0 amide bonds. The number of benzene rings is 1. The molecule has 0 bridgehead atoms. The van der Waals surface area contributed by atoms with Crippen molar-refractivity contribution in [2.45, 2.75) is 45.1 Å². The van der Waals surface area contributed by atoms with E-state index in [1.165, 1.54) is 43.5 Å². The van der Waals surface area contributed by atoms with E-state index in [0.29, 0.717) is 12.0 Å². The zero-order valence-corrected chi connectivity index (χ0v) is 15.4. The third-order valence-electron chi connectivity index (χ3n) is 4.83. The van der Waals surface area contributed by atoms with Gasteiger partial charge in [-0.2, -0.15) is 0 Å². The van der Waals surface area contributed by atoms with Crippen molar-refractivity contribution in [3.8, 4) is 0 Å². The first-order chi connectivity index (χ1) is 9.74. The van der Waals surface area contributed by atoms with Crippen LogP contribution in [0.15, 0.2) is 24.3 Å². The second-order valence-electron chi connectivity index (χ2n) is 6.80. The van der Waals surface area contributed by atoms with Crippen LogP contribution < -0.4 is 5.32 Å². The summed E-state index contributed by atoms with van der Waals surface area (Å²) in [6, 6.07) is 10.1. The third kappa shape index (κ3) is 5.13. The first-order valence-electron chi connectivity index (χ1n) is 8.28. The molecule has 1 saturated carbocycles. The fourth-order valence-electron chi connectivity index (χ4n) is 3.26. The molecule has 22 heavy (non-hydrogen) atoms. The van der Waals surface area contributed by atoms with Crippen LogP contribution in [-0.4, -0.2) is 31.1 Å². The van der Waals surface area contributed by atoms with Gasteiger partial charge in [-0.3, -0.25) is 4.90 Å². The largest absolute Gasteiger partial charge is 0.314 e. The summed E-state index contributed by atoms with van der Waals surface area (Å²) in [6.45, 7) is 9.23. The van der Waals surface area contributed by atoms with Crippen molar-refractivity contribution in [2.24, 2.45) is 5.92 Å². The van der Waals surface area contributed by atoms with Gasteiger partial charge < -0.3 is 5.32 Å². The van der Waals surface area contributed by atoms with Crippen LogP contribution in [0, 0.1) is 5.92 Å². The second kappa shape index (κ2) is 9.12. The highest BCUT2D eigenvalue weighted by molar-refractivity contribution is 5.85. The molecule has 1 aromatic rings. The Bertz CT molecular complexity index is 423. The molecule has 1 atom stereocenters. The number of hydrogen-bond acceptors (Lipinski definition) is 2. The molecule has 0 unspecified atom stereocenters. The number of nitrogens with zero attached hydrogens (tertiary/aromatic N) is 1. The topological polar surface area (TPSA) is 15.3 Å². The summed E-state index contributed by atoms with van der Waals surface area (Å²) in [5, 5.41) is 3.47. The van der Waals surface area contributed by atoms with E-state index in [1.807, 2.05) is 0 Å². The Labute approximate surface area is 147 Å². The number of nitrogens with one attached hydrogen (secondary N) is 1. The summed E-state index contributed by atoms with van der Waals surface area (Å²) in [6.07, 6.45) is 4.26. The zero-order valence-electron chi connectivity index (χ0n) is 13.8. The predicted molar refractivity (Wildman–Crippen MR) is 99.6 cm³/mol. The summed E-state index contributed by atoms with van der Waals surface area (Å²) in [4.78, 5) is 2.69. The molecule has 2 aliphatic rings. The summed E-state index contributed by atoms with van der Waals surface area (Å²) >= 11 is 0. The van der Waals surface area contributed by atoms with Crippen molar-refractivity contribution in [2.75, 3.05) is 26.2 Å². The van der Waals surface area contributed by atoms with Gasteiger partial charge in [0.25, 0.3) is 0 Å². The van der Waals surface area contributed by atoms with Crippen molar-refractivity contribution in [1.82, 2.24) is 10.2 Å². The van der Waals surface area contributed by atoms with Crippen molar-refractivity contribution in [1.29, 1.82) is 0 Å². The Kier molecular flexibility index (Phi) is 8.20. The first-order valence-corrected chi connectivity index (χ1v) is 8.28. The maximum atomic E-state index is 3.47. The molecule has 1 saturated heterocycles. The van der Waals surface area contributed by atoms with Gasteiger partial charge in [0.15, 0.2) is 0 Å². The predicted octanol–water partition coefficient (Wildman–Crippen LogP) is 4.40. The highest BCUT2D eigenvalue weighted by Gasteiger charge is 2.30. The number of hydrogen-bond donors (Lipinski definition) is 1. The lowest BCUT2D eigenvalue weighted by molar-refractivity contribution is 0.160. The van der Waals surface area contributed by atoms with Crippen molar-refractivity contribution in [3.63, 3.8) is 0 Å². The Hall–Kier alpha value is -0.280. The lowest BCUT2D eigenvalue weighted by Crippen LogP contribution is -2.45. The average molecular weight is 345 g/mol. The number of piperazine rings is 1. The molecule has 1 heterocycles. The quantitative estimate of drug-likeness (QED) is 0.851. The van der Waals surface area contributed by atoms with Gasteiger partial charge in [-0.15, -0.1) is 24.8 Å². The van der Waals surface area contributed by atoms with Gasteiger partial charge in [0.05, 0.1) is 0 Å². The summed E-state index contributed by atoms with van der Waals surface area (Å²) < 4.78 is 0. The van der Waals surface area contributed by atoms with E-state index in [9.17, 15) is 0 Å². The molecule has 126 valence electrons. The molecule has 1 N–H and O–H groups in total. The van der Waals surface area contributed by atoms with Crippen molar-refractivity contribution < 1.29 is 0 Å². The lowest BCUT2D eigenvalue weighted by Gasteiger charge is -2.35. The van der Waals surface area contributed by atoms with Gasteiger partial charge in [-0.25, -0.2) is 0 Å². The highest BCUT2D eigenvalue weighted by atomic mass is 35.5. The molecule has 4 heteroatoms. The van der Waals surface area contributed by atoms with Gasteiger partial charge in [0, 0.05) is 32.2 Å². The van der Waals surface area contributed by atoms with Crippen LogP contribution in [-0.2, 0) is 0 Å². The molecule has 0 spiro atoms. The van der Waals surface area contributed by atoms with Crippen molar-refractivity contribution >= 4 is 24.8 Å². The molecule has 0 radical (unpaired) electrons. The number of halogens is 2. The molecular formula is C18H30Cl2N2. The summed E-state index contributed by atoms with van der Waals surface area (Å²) in [7, 11) is 0. The molecule has 0 aromatic heterocycles. The molecule has 1 aliphatic heterocycles. The zero-order chi connectivity index (χ0) is 13.9. The SMILES string of the molecule is CC(C)c1ccc([C@@H](CC2CC2)N2CCNCC2)cc1.Cl.Cl. The van der Waals surface area contributed by atoms with Crippen LogP contribution in [0.3, 0.4) is 0 Å². The minimum atomic E-state index is 0. The van der Waals surface area contributed by atoms with Crippen LogP contribution in [0.2, 0.25) is 0 Å². The van der Waals surface area contributed by atoms with Crippen LogP contribution in [0.25, 0.3) is 0 Å². The van der Waals surface area contributed by atoms with E-state index >= 15 is 0 Å². The van der Waals surface area contributed by atoms with E-state index in [-0.39, 0.29) is 24.8 Å². The minimum Gasteiger partial charge on any atom is -0.314 e. The van der Waals surface area contributed by atoms with E-state index < -0.39 is 0 Å². The molecule has 2 fully saturated rings. The van der Waals surface area contributed by atoms with Crippen LogP contribution in [0.5, 0.6) is 0 Å². The highest BCUT2D eigenvalue weighted by Crippen LogP contribution is 2.40. The van der Waals surface area contributed by atoms with Gasteiger partial charge in [0.1, 0.15) is 0 Å². The van der Waals surface area contributed by atoms with Gasteiger partial charge in [-0.1, -0.05) is 51.0 Å². The van der Waals surface area contributed by atoms with E-state index in [4.69, 9.17) is 0 Å². The summed E-state index contributed by atoms with van der Waals surface area (Å²) in [5.74, 6) is 1.62. The summed E-state index contributed by atoms with van der Waals surface area (Å²) in [5.41, 5.74) is 2.99. The van der Waals surface area contributed by atoms with Gasteiger partial charge in [0.2, 0.25) is 0 Å².